The standard InChI is InChI=1S/C13H12ClN3O2/c14-12-2-1-8-15-13(12)16-9-7-10-3-5-11(6-4-10)17(18)19/h1-6,8H,7,9H2,(H,15,16). The number of hydrogen-bond acceptors (Lipinski definition) is 4. The van der Waals surface area contributed by atoms with Gasteiger partial charge in [0, 0.05) is 24.9 Å². The molecule has 2 aromatic rings. The van der Waals surface area contributed by atoms with E-state index in [0.717, 1.165) is 12.0 Å². The first kappa shape index (κ1) is 13.3. The lowest BCUT2D eigenvalue weighted by atomic mass is 10.1. The van der Waals surface area contributed by atoms with E-state index in [1.807, 2.05) is 0 Å². The average molecular weight is 278 g/mol. The molecule has 0 spiro atoms. The monoisotopic (exact) mass is 277 g/mol. The number of hydrogen-bond donors (Lipinski definition) is 1. The van der Waals surface area contributed by atoms with Gasteiger partial charge in [-0.2, -0.15) is 0 Å². The minimum absolute atomic E-state index is 0.101. The molecule has 0 bridgehead atoms. The Labute approximate surface area is 115 Å². The van der Waals surface area contributed by atoms with E-state index in [2.05, 4.69) is 10.3 Å². The topological polar surface area (TPSA) is 68.1 Å². The lowest BCUT2D eigenvalue weighted by Gasteiger charge is -2.06. The van der Waals surface area contributed by atoms with E-state index in [9.17, 15) is 10.1 Å². The van der Waals surface area contributed by atoms with Gasteiger partial charge >= 0.3 is 0 Å². The van der Waals surface area contributed by atoms with Crippen LogP contribution in [0.4, 0.5) is 11.5 Å². The Morgan fingerprint density at radius 2 is 2.00 bits per heavy atom. The van der Waals surface area contributed by atoms with Gasteiger partial charge in [-0.25, -0.2) is 4.98 Å². The van der Waals surface area contributed by atoms with Gasteiger partial charge in [0.15, 0.2) is 0 Å². The number of nitro benzene ring substituents is 1. The van der Waals surface area contributed by atoms with E-state index in [4.69, 9.17) is 11.6 Å². The summed E-state index contributed by atoms with van der Waals surface area (Å²) in [5.41, 5.74) is 1.12. The van der Waals surface area contributed by atoms with Crippen molar-refractivity contribution in [2.24, 2.45) is 0 Å². The van der Waals surface area contributed by atoms with Gasteiger partial charge in [0.1, 0.15) is 5.82 Å². The van der Waals surface area contributed by atoms with Crippen LogP contribution in [0.3, 0.4) is 0 Å². The highest BCUT2D eigenvalue weighted by Gasteiger charge is 2.04. The minimum Gasteiger partial charge on any atom is -0.369 e. The van der Waals surface area contributed by atoms with E-state index >= 15 is 0 Å². The second-order valence-corrected chi connectivity index (χ2v) is 4.34. The predicted octanol–water partition coefficient (Wildman–Crippen LogP) is 3.30. The molecule has 1 aromatic heterocycles. The predicted molar refractivity (Wildman–Crippen MR) is 74.5 cm³/mol. The smallest absolute Gasteiger partial charge is 0.269 e. The zero-order chi connectivity index (χ0) is 13.7. The number of aromatic nitrogens is 1. The third-order valence-corrected chi connectivity index (χ3v) is 2.92. The number of halogens is 1. The third-order valence-electron chi connectivity index (χ3n) is 2.61. The summed E-state index contributed by atoms with van der Waals surface area (Å²) in [7, 11) is 0. The molecule has 0 fully saturated rings. The van der Waals surface area contributed by atoms with Gasteiger partial charge < -0.3 is 5.32 Å². The lowest BCUT2D eigenvalue weighted by Crippen LogP contribution is -2.06. The number of benzene rings is 1. The Morgan fingerprint density at radius 3 is 2.63 bits per heavy atom. The Balaban J connectivity index is 1.89. The fourth-order valence-electron chi connectivity index (χ4n) is 1.63. The van der Waals surface area contributed by atoms with Gasteiger partial charge in [-0.1, -0.05) is 23.7 Å². The maximum absolute atomic E-state index is 10.5. The minimum atomic E-state index is -0.407. The second-order valence-electron chi connectivity index (χ2n) is 3.93. The Kier molecular flexibility index (Phi) is 4.30. The molecule has 1 heterocycles. The van der Waals surface area contributed by atoms with Gasteiger partial charge in [0.25, 0.3) is 5.69 Å². The number of non-ortho nitro benzene ring substituents is 1. The zero-order valence-corrected chi connectivity index (χ0v) is 10.8. The molecule has 19 heavy (non-hydrogen) atoms. The zero-order valence-electron chi connectivity index (χ0n) is 10.0. The first-order valence-electron chi connectivity index (χ1n) is 5.74. The molecular formula is C13H12ClN3O2. The summed E-state index contributed by atoms with van der Waals surface area (Å²) in [4.78, 5) is 14.2. The van der Waals surface area contributed by atoms with Gasteiger partial charge in [0.05, 0.1) is 9.95 Å². The molecule has 6 heteroatoms. The molecule has 0 aliphatic carbocycles. The first-order valence-corrected chi connectivity index (χ1v) is 6.12. The van der Waals surface area contributed by atoms with Gasteiger partial charge in [-0.05, 0) is 24.1 Å². The van der Waals surface area contributed by atoms with E-state index < -0.39 is 4.92 Å². The van der Waals surface area contributed by atoms with E-state index in [1.165, 1.54) is 12.1 Å². The molecule has 1 aromatic carbocycles. The van der Waals surface area contributed by atoms with Crippen LogP contribution in [-0.2, 0) is 6.42 Å². The van der Waals surface area contributed by atoms with Crippen molar-refractivity contribution in [1.29, 1.82) is 0 Å². The van der Waals surface area contributed by atoms with Gasteiger partial charge in [0.2, 0.25) is 0 Å². The highest BCUT2D eigenvalue weighted by molar-refractivity contribution is 6.32. The molecule has 0 unspecified atom stereocenters. The normalized spacial score (nSPS) is 10.2. The quantitative estimate of drug-likeness (QED) is 0.672. The Morgan fingerprint density at radius 1 is 1.26 bits per heavy atom. The highest BCUT2D eigenvalue weighted by Crippen LogP contribution is 2.17. The fraction of sp³-hybridized carbons (Fsp3) is 0.154. The fourth-order valence-corrected chi connectivity index (χ4v) is 1.81. The molecule has 0 aliphatic heterocycles. The van der Waals surface area contributed by atoms with Crippen LogP contribution in [0.2, 0.25) is 5.02 Å². The van der Waals surface area contributed by atoms with Crippen molar-refractivity contribution in [2.75, 3.05) is 11.9 Å². The molecule has 0 saturated heterocycles. The van der Waals surface area contributed by atoms with Crippen molar-refractivity contribution in [2.45, 2.75) is 6.42 Å². The summed E-state index contributed by atoms with van der Waals surface area (Å²) in [6.45, 7) is 0.661. The first-order chi connectivity index (χ1) is 9.16. The number of nitrogens with zero attached hydrogens (tertiary/aromatic N) is 2. The summed E-state index contributed by atoms with van der Waals surface area (Å²) in [5.74, 6) is 0.645. The molecule has 2 rings (SSSR count). The number of anilines is 1. The SMILES string of the molecule is O=[N+]([O-])c1ccc(CCNc2ncccc2Cl)cc1. The van der Waals surface area contributed by atoms with E-state index in [-0.39, 0.29) is 5.69 Å². The average Bonchev–Trinajstić information content (AvgIpc) is 2.41. The van der Waals surface area contributed by atoms with Crippen molar-refractivity contribution in [3.63, 3.8) is 0 Å². The van der Waals surface area contributed by atoms with Crippen LogP contribution in [0.15, 0.2) is 42.6 Å². The maximum atomic E-state index is 10.5. The van der Waals surface area contributed by atoms with Crippen molar-refractivity contribution < 1.29 is 4.92 Å². The number of pyridine rings is 1. The highest BCUT2D eigenvalue weighted by atomic mass is 35.5. The van der Waals surface area contributed by atoms with Crippen LogP contribution in [-0.4, -0.2) is 16.5 Å². The molecular weight excluding hydrogens is 266 g/mol. The van der Waals surface area contributed by atoms with Crippen molar-refractivity contribution >= 4 is 23.1 Å². The van der Waals surface area contributed by atoms with Crippen LogP contribution in [0.1, 0.15) is 5.56 Å². The van der Waals surface area contributed by atoms with E-state index in [0.29, 0.717) is 17.4 Å². The van der Waals surface area contributed by atoms with E-state index in [1.54, 1.807) is 30.5 Å². The largest absolute Gasteiger partial charge is 0.369 e. The molecule has 0 amide bonds. The van der Waals surface area contributed by atoms with Gasteiger partial charge in [-0.3, -0.25) is 10.1 Å². The molecule has 0 radical (unpaired) electrons. The number of nitro groups is 1. The van der Waals surface area contributed by atoms with Crippen molar-refractivity contribution in [3.8, 4) is 0 Å². The molecule has 5 nitrogen and oxygen atoms in total. The van der Waals surface area contributed by atoms with Crippen LogP contribution < -0.4 is 5.32 Å². The van der Waals surface area contributed by atoms with Crippen LogP contribution >= 0.6 is 11.6 Å². The Hall–Kier alpha value is -2.14. The lowest BCUT2D eigenvalue weighted by molar-refractivity contribution is -0.384. The molecule has 0 saturated carbocycles. The number of nitrogens with one attached hydrogen (secondary N) is 1. The summed E-state index contributed by atoms with van der Waals surface area (Å²) >= 11 is 5.96. The molecule has 98 valence electrons. The molecule has 0 aliphatic rings. The second kappa shape index (κ2) is 6.15. The summed E-state index contributed by atoms with van der Waals surface area (Å²) in [6, 6.07) is 10.0. The van der Waals surface area contributed by atoms with Crippen LogP contribution in [0.5, 0.6) is 0 Å². The maximum Gasteiger partial charge on any atom is 0.269 e. The summed E-state index contributed by atoms with van der Waals surface area (Å²) in [5, 5.41) is 14.2. The third kappa shape index (κ3) is 3.66. The van der Waals surface area contributed by atoms with Crippen LogP contribution in [0.25, 0.3) is 0 Å². The summed E-state index contributed by atoms with van der Waals surface area (Å²) in [6.07, 6.45) is 2.41. The van der Waals surface area contributed by atoms with Crippen molar-refractivity contribution in [3.05, 3.63) is 63.3 Å². The number of rotatable bonds is 5. The summed E-state index contributed by atoms with van der Waals surface area (Å²) < 4.78 is 0. The van der Waals surface area contributed by atoms with Crippen LogP contribution in [0, 0.1) is 10.1 Å². The van der Waals surface area contributed by atoms with Crippen molar-refractivity contribution in [1.82, 2.24) is 4.98 Å². The molecule has 0 atom stereocenters. The molecule has 1 N–H and O–H groups in total. The van der Waals surface area contributed by atoms with Gasteiger partial charge in [-0.15, -0.1) is 0 Å². The Bertz CT molecular complexity index is 572.